The Balaban J connectivity index is 0.000000140. The Hall–Kier alpha value is -16.3. The molecule has 1 aliphatic carbocycles. The molecule has 0 unspecified atom stereocenters. The SMILES string of the molecule is CC1(C)c2ccccc2-c2ccc(N(c3ccc(-c4ccc5c(c4)Oc4cccc6cccc-5c46)cc3)c3ccc(-c4ccc5c(c4)c4ccccc4n5-c4ccccc4)cc3)cc21.c1ccc(-c2ccc(N(c3ccc(-c4ccc5c(c4)Oc4cccc6cccc-5c46)cc3)c3ccc(-c4ccc5c(c4)c4ccccc4n5-c4ccccc4)cc3)cc2)cc1. The Morgan fingerprint density at radius 2 is 0.512 bits per heavy atom. The molecule has 0 saturated carbocycles. The Bertz CT molecular complexity index is 8000. The summed E-state index contributed by atoms with van der Waals surface area (Å²) in [6, 6.07) is 162. The first-order valence-corrected chi connectivity index (χ1v) is 43.0. The second-order valence-corrected chi connectivity index (χ2v) is 33.5. The summed E-state index contributed by atoms with van der Waals surface area (Å²) in [5.74, 6) is 3.59. The molecule has 22 aromatic rings. The molecule has 2 aliphatic heterocycles. The average molecular weight is 1600 g/mol. The van der Waals surface area contributed by atoms with Gasteiger partial charge < -0.3 is 28.4 Å². The van der Waals surface area contributed by atoms with Crippen molar-refractivity contribution >= 4 is 99.3 Å². The molecule has 588 valence electrons. The van der Waals surface area contributed by atoms with Crippen molar-refractivity contribution in [3.8, 4) is 123 Å². The maximum Gasteiger partial charge on any atom is 0.135 e. The number of aromatic nitrogens is 2. The van der Waals surface area contributed by atoms with Crippen LogP contribution in [0.3, 0.4) is 0 Å². The monoisotopic (exact) mass is 1600 g/mol. The van der Waals surface area contributed by atoms with E-state index in [1.807, 2.05) is 0 Å². The van der Waals surface area contributed by atoms with E-state index >= 15 is 0 Å². The van der Waals surface area contributed by atoms with Gasteiger partial charge >= 0.3 is 0 Å². The van der Waals surface area contributed by atoms with Crippen LogP contribution in [-0.4, -0.2) is 9.13 Å². The maximum absolute atomic E-state index is 6.56. The molecule has 6 nitrogen and oxygen atoms in total. The van der Waals surface area contributed by atoms with E-state index in [9.17, 15) is 0 Å². The molecule has 0 N–H and O–H groups in total. The minimum Gasteiger partial charge on any atom is -0.456 e. The normalized spacial score (nSPS) is 12.4. The second-order valence-electron chi connectivity index (χ2n) is 33.5. The molecule has 0 spiro atoms. The van der Waals surface area contributed by atoms with Crippen LogP contribution >= 0.6 is 0 Å². The van der Waals surface area contributed by atoms with Crippen LogP contribution in [0.5, 0.6) is 23.0 Å². The van der Waals surface area contributed by atoms with E-state index in [2.05, 4.69) is 482 Å². The number of anilines is 6. The van der Waals surface area contributed by atoms with Crippen molar-refractivity contribution < 1.29 is 9.47 Å². The highest BCUT2D eigenvalue weighted by Gasteiger charge is 2.36. The number of ether oxygens (including phenoxy) is 2. The molecule has 0 saturated heterocycles. The van der Waals surface area contributed by atoms with Gasteiger partial charge in [-0.1, -0.05) is 293 Å². The third-order valence-corrected chi connectivity index (χ3v) is 26.0. The van der Waals surface area contributed by atoms with Gasteiger partial charge in [0.25, 0.3) is 0 Å². The van der Waals surface area contributed by atoms with Crippen LogP contribution in [0.2, 0.25) is 0 Å². The molecule has 2 aromatic heterocycles. The fourth-order valence-corrected chi connectivity index (χ4v) is 19.9. The summed E-state index contributed by atoms with van der Waals surface area (Å²) in [5, 5.41) is 9.73. The van der Waals surface area contributed by atoms with E-state index in [-0.39, 0.29) is 5.41 Å². The molecular formula is C119H80N4O2. The summed E-state index contributed by atoms with van der Waals surface area (Å²) in [5.41, 5.74) is 35.3. The fraction of sp³-hybridized carbons (Fsp3) is 0.0252. The summed E-state index contributed by atoms with van der Waals surface area (Å²) in [7, 11) is 0. The van der Waals surface area contributed by atoms with Gasteiger partial charge in [0.2, 0.25) is 0 Å². The van der Waals surface area contributed by atoms with Crippen LogP contribution in [0.15, 0.2) is 449 Å². The van der Waals surface area contributed by atoms with Crippen LogP contribution in [0.25, 0.3) is 166 Å². The average Bonchev–Trinajstić information content (AvgIpc) is 1.04. The molecule has 20 aromatic carbocycles. The van der Waals surface area contributed by atoms with Gasteiger partial charge in [-0.2, -0.15) is 0 Å². The Morgan fingerprint density at radius 3 is 0.960 bits per heavy atom. The van der Waals surface area contributed by atoms with Crippen molar-refractivity contribution in [1.29, 1.82) is 0 Å². The van der Waals surface area contributed by atoms with Crippen molar-refractivity contribution in [2.45, 2.75) is 19.3 Å². The quantitative estimate of drug-likeness (QED) is 0.115. The van der Waals surface area contributed by atoms with E-state index in [0.717, 1.165) is 96.2 Å². The van der Waals surface area contributed by atoms with E-state index in [1.165, 1.54) is 138 Å². The number of para-hydroxylation sites is 4. The Kier molecular flexibility index (Phi) is 17.2. The first-order valence-electron chi connectivity index (χ1n) is 43.0. The lowest BCUT2D eigenvalue weighted by Crippen LogP contribution is -2.16. The van der Waals surface area contributed by atoms with Crippen LogP contribution in [0, 0.1) is 0 Å². The lowest BCUT2D eigenvalue weighted by atomic mass is 9.82. The third-order valence-electron chi connectivity index (χ3n) is 26.0. The Labute approximate surface area is 725 Å². The number of rotatable bonds is 13. The van der Waals surface area contributed by atoms with Crippen molar-refractivity contribution in [3.63, 3.8) is 0 Å². The van der Waals surface area contributed by atoms with Crippen LogP contribution in [-0.2, 0) is 5.41 Å². The lowest BCUT2D eigenvalue weighted by molar-refractivity contribution is 0.487. The highest BCUT2D eigenvalue weighted by atomic mass is 16.5. The standard InChI is InChI=1S/C61H42N2O.C58H38N2O/c1-61(2)54-19-8-6-16-48(54)49-34-32-47(38-55(49)61)62(46-30-24-40(25-31-46)43-26-33-51-52-18-10-12-41-13-11-21-58(60(41)52)64-59(51)37-43)45-28-22-39(23-29-45)42-27-35-57-53(36-42)50-17-7-9-20-56(50)63(57)44-14-4-3-5-15-44;1-3-11-39(12-4-1)40-21-29-47(30-22-40)59(49-33-25-42(26-34-49)45-27-35-51-52-18-9-13-43-14-10-20-56(58(43)52)61-57(51)38-45)48-31-23-41(24-32-48)44-28-36-55-53(37-44)50-17-7-8-19-54(50)60(55)46-15-5-2-6-16-46/h3-38H,1-2H3;1-38H. The highest BCUT2D eigenvalue weighted by molar-refractivity contribution is 6.13. The van der Waals surface area contributed by atoms with E-state index in [4.69, 9.17) is 9.47 Å². The largest absolute Gasteiger partial charge is 0.456 e. The van der Waals surface area contributed by atoms with Gasteiger partial charge in [-0.05, 0) is 270 Å². The van der Waals surface area contributed by atoms with Gasteiger partial charge in [0.1, 0.15) is 23.0 Å². The molecular weight excluding hydrogens is 1520 g/mol. The lowest BCUT2D eigenvalue weighted by Gasteiger charge is -2.28. The summed E-state index contributed by atoms with van der Waals surface area (Å²) in [6.07, 6.45) is 0. The smallest absolute Gasteiger partial charge is 0.135 e. The van der Waals surface area contributed by atoms with Crippen LogP contribution < -0.4 is 19.3 Å². The zero-order valence-electron chi connectivity index (χ0n) is 68.8. The predicted octanol–water partition coefficient (Wildman–Crippen LogP) is 33.0. The summed E-state index contributed by atoms with van der Waals surface area (Å²) >= 11 is 0. The van der Waals surface area contributed by atoms with E-state index in [1.54, 1.807) is 0 Å². The summed E-state index contributed by atoms with van der Waals surface area (Å²) in [6.45, 7) is 4.70. The third kappa shape index (κ3) is 12.4. The fourth-order valence-electron chi connectivity index (χ4n) is 19.9. The van der Waals surface area contributed by atoms with Gasteiger partial charge in [0.05, 0.1) is 22.1 Å². The van der Waals surface area contributed by atoms with Gasteiger partial charge in [-0.25, -0.2) is 0 Å². The van der Waals surface area contributed by atoms with Crippen LogP contribution in [0.1, 0.15) is 25.0 Å². The molecule has 0 radical (unpaired) electrons. The molecule has 6 heteroatoms. The van der Waals surface area contributed by atoms with Crippen LogP contribution in [0.4, 0.5) is 34.1 Å². The molecule has 125 heavy (non-hydrogen) atoms. The maximum atomic E-state index is 6.56. The first kappa shape index (κ1) is 72.7. The predicted molar refractivity (Wildman–Crippen MR) is 522 cm³/mol. The minimum atomic E-state index is -0.121. The van der Waals surface area contributed by atoms with Gasteiger partial charge in [0, 0.05) is 94.4 Å². The van der Waals surface area contributed by atoms with Crippen molar-refractivity contribution in [3.05, 3.63) is 460 Å². The minimum absolute atomic E-state index is 0.121. The highest BCUT2D eigenvalue weighted by Crippen LogP contribution is 2.54. The van der Waals surface area contributed by atoms with Gasteiger partial charge in [0.15, 0.2) is 0 Å². The molecule has 3 aliphatic rings. The second kappa shape index (κ2) is 29.6. The number of nitrogens with zero attached hydrogens (tertiary/aromatic N) is 4. The zero-order chi connectivity index (χ0) is 82.8. The number of hydrogen-bond acceptors (Lipinski definition) is 4. The van der Waals surface area contributed by atoms with Crippen molar-refractivity contribution in [2.24, 2.45) is 0 Å². The van der Waals surface area contributed by atoms with Crippen molar-refractivity contribution in [1.82, 2.24) is 9.13 Å². The number of benzene rings is 20. The molecule has 0 fully saturated rings. The molecule has 0 amide bonds. The summed E-state index contributed by atoms with van der Waals surface area (Å²) in [4.78, 5) is 4.74. The number of hydrogen-bond donors (Lipinski definition) is 0. The molecule has 0 atom stereocenters. The van der Waals surface area contributed by atoms with E-state index < -0.39 is 0 Å². The zero-order valence-corrected chi connectivity index (χ0v) is 68.8. The topological polar surface area (TPSA) is 34.8 Å². The first-order chi connectivity index (χ1) is 61.7. The Morgan fingerprint density at radius 1 is 0.200 bits per heavy atom. The van der Waals surface area contributed by atoms with Gasteiger partial charge in [-0.3, -0.25) is 0 Å². The summed E-state index contributed by atoms with van der Waals surface area (Å²) < 4.78 is 17.8. The molecule has 25 rings (SSSR count). The number of fused-ring (bicyclic) bond motifs is 13. The molecule has 0 bridgehead atoms. The van der Waals surface area contributed by atoms with E-state index in [0.29, 0.717) is 0 Å². The molecule has 4 heterocycles. The van der Waals surface area contributed by atoms with Crippen molar-refractivity contribution in [2.75, 3.05) is 9.80 Å². The van der Waals surface area contributed by atoms with Gasteiger partial charge in [-0.15, -0.1) is 0 Å².